The average molecular weight is 280 g/mol. The zero-order valence-electron chi connectivity index (χ0n) is 10.1. The highest BCUT2D eigenvalue weighted by molar-refractivity contribution is 6.43. The van der Waals surface area contributed by atoms with E-state index in [2.05, 4.69) is 15.8 Å². The molecule has 2 rings (SSSR count). The van der Waals surface area contributed by atoms with Gasteiger partial charge in [-0.25, -0.2) is 5.43 Å². The molecular formula is C11H9FN4O4. The number of nitrogens with zero attached hydrogens (tertiary/aromatic N) is 2. The van der Waals surface area contributed by atoms with Gasteiger partial charge in [0.25, 0.3) is 5.91 Å². The fraction of sp³-hybridized carbons (Fsp3) is 0.182. The monoisotopic (exact) mass is 280 g/mol. The Morgan fingerprint density at radius 3 is 2.75 bits per heavy atom. The molecule has 0 atom stereocenters. The van der Waals surface area contributed by atoms with Gasteiger partial charge >= 0.3 is 5.69 Å². The highest BCUT2D eigenvalue weighted by Crippen LogP contribution is 2.20. The standard InChI is InChI=1S/C11H9FN4O4/c12-7-5-6(1-3-9(7)16(19)20)13-11(18)8-2-4-10(17)15-14-8/h1,3,5H,2,4H2,(H,13,18)(H,15,17). The maximum atomic E-state index is 13.4. The highest BCUT2D eigenvalue weighted by atomic mass is 19.1. The Hall–Kier alpha value is -2.84. The van der Waals surface area contributed by atoms with Crippen molar-refractivity contribution in [2.75, 3.05) is 5.32 Å². The van der Waals surface area contributed by atoms with Gasteiger partial charge in [0.1, 0.15) is 5.71 Å². The van der Waals surface area contributed by atoms with E-state index in [4.69, 9.17) is 0 Å². The summed E-state index contributed by atoms with van der Waals surface area (Å²) in [5.74, 6) is -1.94. The molecule has 2 amide bonds. The molecule has 0 unspecified atom stereocenters. The van der Waals surface area contributed by atoms with Crippen LogP contribution < -0.4 is 10.7 Å². The first kappa shape index (κ1) is 13.6. The number of hydrogen-bond donors (Lipinski definition) is 2. The first-order valence-corrected chi connectivity index (χ1v) is 5.58. The van der Waals surface area contributed by atoms with E-state index in [9.17, 15) is 24.1 Å². The molecule has 1 heterocycles. The van der Waals surface area contributed by atoms with Crippen LogP contribution in [0.4, 0.5) is 15.8 Å². The number of halogens is 1. The molecule has 1 aromatic rings. The van der Waals surface area contributed by atoms with Crippen molar-refractivity contribution in [3.8, 4) is 0 Å². The number of anilines is 1. The van der Waals surface area contributed by atoms with Crippen molar-refractivity contribution in [3.05, 3.63) is 34.1 Å². The average Bonchev–Trinajstić information content (AvgIpc) is 2.39. The Morgan fingerprint density at radius 1 is 1.45 bits per heavy atom. The van der Waals surface area contributed by atoms with Gasteiger partial charge in [-0.2, -0.15) is 9.49 Å². The number of carbonyl (C=O) groups excluding carboxylic acids is 2. The summed E-state index contributed by atoms with van der Waals surface area (Å²) in [4.78, 5) is 32.2. The molecule has 8 nitrogen and oxygen atoms in total. The summed E-state index contributed by atoms with van der Waals surface area (Å²) in [6.07, 6.45) is 0.313. The van der Waals surface area contributed by atoms with Crippen molar-refractivity contribution < 1.29 is 18.9 Å². The maximum Gasteiger partial charge on any atom is 0.304 e. The largest absolute Gasteiger partial charge is 0.321 e. The summed E-state index contributed by atoms with van der Waals surface area (Å²) in [6, 6.07) is 3.01. The zero-order chi connectivity index (χ0) is 14.7. The lowest BCUT2D eigenvalue weighted by atomic mass is 10.1. The molecule has 0 aromatic heterocycles. The molecule has 20 heavy (non-hydrogen) atoms. The predicted molar refractivity (Wildman–Crippen MR) is 66.5 cm³/mol. The second kappa shape index (κ2) is 5.43. The molecule has 9 heteroatoms. The van der Waals surface area contributed by atoms with Crippen LogP contribution in [-0.2, 0) is 9.59 Å². The van der Waals surface area contributed by atoms with Crippen LogP contribution in [0.15, 0.2) is 23.3 Å². The van der Waals surface area contributed by atoms with Crippen LogP contribution in [0.1, 0.15) is 12.8 Å². The Labute approximate surface area is 111 Å². The Morgan fingerprint density at radius 2 is 2.20 bits per heavy atom. The summed E-state index contributed by atoms with van der Waals surface area (Å²) in [5.41, 5.74) is 1.65. The molecular weight excluding hydrogens is 271 g/mol. The van der Waals surface area contributed by atoms with Crippen LogP contribution in [0.5, 0.6) is 0 Å². The molecule has 0 saturated carbocycles. The van der Waals surface area contributed by atoms with Crippen LogP contribution in [0.3, 0.4) is 0 Å². The Balaban J connectivity index is 2.10. The third-order valence-corrected chi connectivity index (χ3v) is 2.57. The first-order chi connectivity index (χ1) is 9.47. The number of rotatable bonds is 3. The van der Waals surface area contributed by atoms with Crippen LogP contribution in [0.2, 0.25) is 0 Å². The van der Waals surface area contributed by atoms with Crippen LogP contribution >= 0.6 is 0 Å². The number of nitro groups is 1. The molecule has 1 aliphatic rings. The molecule has 1 aromatic carbocycles. The number of hydrazone groups is 1. The van der Waals surface area contributed by atoms with Crippen molar-refractivity contribution in [3.63, 3.8) is 0 Å². The molecule has 0 radical (unpaired) electrons. The molecule has 1 aliphatic heterocycles. The topological polar surface area (TPSA) is 114 Å². The van der Waals surface area contributed by atoms with Crippen LogP contribution in [0, 0.1) is 15.9 Å². The van der Waals surface area contributed by atoms with Crippen molar-refractivity contribution >= 4 is 28.9 Å². The summed E-state index contributed by atoms with van der Waals surface area (Å²) in [5, 5.41) is 16.4. The number of amides is 2. The highest BCUT2D eigenvalue weighted by Gasteiger charge is 2.19. The van der Waals surface area contributed by atoms with Gasteiger partial charge in [0.05, 0.1) is 4.92 Å². The Bertz CT molecular complexity index is 629. The summed E-state index contributed by atoms with van der Waals surface area (Å²) >= 11 is 0. The third kappa shape index (κ3) is 2.94. The molecule has 0 spiro atoms. The van der Waals surface area contributed by atoms with Crippen molar-refractivity contribution in [1.82, 2.24) is 5.43 Å². The van der Waals surface area contributed by atoms with E-state index in [1.165, 1.54) is 6.07 Å². The quantitative estimate of drug-likeness (QED) is 0.633. The van der Waals surface area contributed by atoms with Crippen molar-refractivity contribution in [2.24, 2.45) is 5.10 Å². The number of nitro benzene ring substituents is 1. The molecule has 0 bridgehead atoms. The predicted octanol–water partition coefficient (Wildman–Crippen LogP) is 0.938. The van der Waals surface area contributed by atoms with Gasteiger partial charge in [-0.05, 0) is 6.07 Å². The summed E-state index contributed by atoms with van der Waals surface area (Å²) < 4.78 is 13.4. The lowest BCUT2D eigenvalue weighted by Gasteiger charge is -2.11. The lowest BCUT2D eigenvalue weighted by molar-refractivity contribution is -0.387. The van der Waals surface area contributed by atoms with Gasteiger partial charge in [0, 0.05) is 30.7 Å². The van der Waals surface area contributed by atoms with E-state index >= 15 is 0 Å². The first-order valence-electron chi connectivity index (χ1n) is 5.58. The van der Waals surface area contributed by atoms with Gasteiger partial charge in [-0.15, -0.1) is 0 Å². The normalized spacial score (nSPS) is 14.2. The maximum absolute atomic E-state index is 13.4. The molecule has 0 fully saturated rings. The minimum absolute atomic E-state index is 0.0673. The van der Waals surface area contributed by atoms with Crippen LogP contribution in [0.25, 0.3) is 0 Å². The minimum Gasteiger partial charge on any atom is -0.321 e. The van der Waals surface area contributed by atoms with Gasteiger partial charge in [0.15, 0.2) is 0 Å². The summed E-state index contributed by atoms with van der Waals surface area (Å²) in [6.45, 7) is 0. The van der Waals surface area contributed by atoms with Crippen molar-refractivity contribution in [2.45, 2.75) is 12.8 Å². The summed E-state index contributed by atoms with van der Waals surface area (Å²) in [7, 11) is 0. The fourth-order valence-corrected chi connectivity index (χ4v) is 1.57. The number of benzene rings is 1. The van der Waals surface area contributed by atoms with E-state index in [-0.39, 0.29) is 30.1 Å². The molecule has 0 aliphatic carbocycles. The van der Waals surface area contributed by atoms with Gasteiger partial charge in [-0.1, -0.05) is 0 Å². The minimum atomic E-state index is -1.05. The Kier molecular flexibility index (Phi) is 3.69. The SMILES string of the molecule is O=C1CCC(C(=O)Nc2ccc([N+](=O)[O-])c(F)c2)=NN1. The number of nitrogens with one attached hydrogen (secondary N) is 2. The van der Waals surface area contributed by atoms with Crippen molar-refractivity contribution in [1.29, 1.82) is 0 Å². The zero-order valence-corrected chi connectivity index (χ0v) is 10.1. The van der Waals surface area contributed by atoms with E-state index in [1.807, 2.05) is 0 Å². The van der Waals surface area contributed by atoms with Gasteiger partial charge < -0.3 is 5.32 Å². The molecule has 0 saturated heterocycles. The lowest BCUT2D eigenvalue weighted by Crippen LogP contribution is -2.32. The fourth-order valence-electron chi connectivity index (χ4n) is 1.57. The number of hydrogen-bond acceptors (Lipinski definition) is 5. The molecule has 2 N–H and O–H groups in total. The van der Waals surface area contributed by atoms with E-state index in [1.54, 1.807) is 0 Å². The van der Waals surface area contributed by atoms with Gasteiger partial charge in [-0.3, -0.25) is 19.7 Å². The number of carbonyl (C=O) groups is 2. The third-order valence-electron chi connectivity index (χ3n) is 2.57. The molecule has 104 valence electrons. The van der Waals surface area contributed by atoms with E-state index in [0.717, 1.165) is 12.1 Å². The van der Waals surface area contributed by atoms with E-state index < -0.39 is 22.3 Å². The smallest absolute Gasteiger partial charge is 0.304 e. The van der Waals surface area contributed by atoms with Crippen LogP contribution in [-0.4, -0.2) is 22.4 Å². The second-order valence-corrected chi connectivity index (χ2v) is 3.97. The van der Waals surface area contributed by atoms with E-state index in [0.29, 0.717) is 0 Å². The second-order valence-electron chi connectivity index (χ2n) is 3.97. The van der Waals surface area contributed by atoms with Gasteiger partial charge in [0.2, 0.25) is 11.7 Å².